The Bertz CT molecular complexity index is 474. The van der Waals surface area contributed by atoms with Crippen LogP contribution in [0.3, 0.4) is 0 Å². The van der Waals surface area contributed by atoms with Crippen LogP contribution in [-0.2, 0) is 6.54 Å². The number of rotatable bonds is 5. The molecule has 0 spiro atoms. The Morgan fingerprint density at radius 2 is 2.10 bits per heavy atom. The van der Waals surface area contributed by atoms with Gasteiger partial charge in [0, 0.05) is 30.7 Å². The molecule has 1 aromatic carbocycles. The molecule has 118 valence electrons. The van der Waals surface area contributed by atoms with E-state index in [9.17, 15) is 8.78 Å². The molecule has 1 unspecified atom stereocenters. The molecule has 0 aromatic heterocycles. The first-order chi connectivity index (χ1) is 9.99. The van der Waals surface area contributed by atoms with Crippen molar-refractivity contribution >= 4 is 15.9 Å². The van der Waals surface area contributed by atoms with Gasteiger partial charge in [-0.25, -0.2) is 8.78 Å². The van der Waals surface area contributed by atoms with E-state index in [1.807, 2.05) is 0 Å². The second-order valence-electron chi connectivity index (χ2n) is 5.99. The summed E-state index contributed by atoms with van der Waals surface area (Å²) in [5.74, 6) is -0.963. The van der Waals surface area contributed by atoms with Gasteiger partial charge < -0.3 is 5.32 Å². The van der Waals surface area contributed by atoms with Gasteiger partial charge in [-0.3, -0.25) is 4.90 Å². The molecular weight excluding hydrogens is 338 g/mol. The lowest BCUT2D eigenvalue weighted by Gasteiger charge is -2.33. The smallest absolute Gasteiger partial charge is 0.144 e. The van der Waals surface area contributed by atoms with E-state index in [0.717, 1.165) is 19.5 Å². The first-order valence-electron chi connectivity index (χ1n) is 7.59. The maximum atomic E-state index is 14.1. The van der Waals surface area contributed by atoms with Crippen LogP contribution in [0, 0.1) is 11.6 Å². The van der Waals surface area contributed by atoms with Crippen LogP contribution >= 0.6 is 15.9 Å². The highest BCUT2D eigenvalue weighted by atomic mass is 79.9. The van der Waals surface area contributed by atoms with Crippen molar-refractivity contribution in [2.75, 3.05) is 13.1 Å². The third kappa shape index (κ3) is 4.47. The molecule has 1 aromatic rings. The lowest BCUT2D eigenvalue weighted by molar-refractivity contribution is 0.173. The van der Waals surface area contributed by atoms with Gasteiger partial charge in [-0.1, -0.05) is 6.42 Å². The summed E-state index contributed by atoms with van der Waals surface area (Å²) < 4.78 is 28.4. The SMILES string of the molecule is CC(C)N(Cc1c(F)ccc(Br)c1F)CC1CCCCN1. The maximum absolute atomic E-state index is 14.1. The van der Waals surface area contributed by atoms with Gasteiger partial charge in [-0.2, -0.15) is 0 Å². The quantitative estimate of drug-likeness (QED) is 0.795. The number of piperidine rings is 1. The molecule has 2 rings (SSSR count). The van der Waals surface area contributed by atoms with Crippen LogP contribution in [-0.4, -0.2) is 30.1 Å². The number of hydrogen-bond donors (Lipinski definition) is 1. The molecule has 1 fully saturated rings. The number of nitrogens with one attached hydrogen (secondary N) is 1. The van der Waals surface area contributed by atoms with E-state index in [1.165, 1.54) is 25.0 Å². The molecule has 21 heavy (non-hydrogen) atoms. The molecule has 0 aliphatic carbocycles. The third-order valence-electron chi connectivity index (χ3n) is 4.10. The van der Waals surface area contributed by atoms with E-state index >= 15 is 0 Å². The van der Waals surface area contributed by atoms with Crippen molar-refractivity contribution in [2.24, 2.45) is 0 Å². The fraction of sp³-hybridized carbons (Fsp3) is 0.625. The fourth-order valence-corrected chi connectivity index (χ4v) is 3.11. The number of halogens is 3. The van der Waals surface area contributed by atoms with E-state index in [2.05, 4.69) is 40.0 Å². The molecule has 1 N–H and O–H groups in total. The van der Waals surface area contributed by atoms with E-state index in [4.69, 9.17) is 0 Å². The van der Waals surface area contributed by atoms with Gasteiger partial charge in [-0.05, 0) is 61.3 Å². The van der Waals surface area contributed by atoms with Crippen molar-refractivity contribution in [3.05, 3.63) is 33.8 Å². The average Bonchev–Trinajstić information content (AvgIpc) is 2.47. The molecule has 1 heterocycles. The summed E-state index contributed by atoms with van der Waals surface area (Å²) in [6.45, 7) is 6.29. The zero-order valence-corrected chi connectivity index (χ0v) is 14.2. The van der Waals surface area contributed by atoms with Crippen molar-refractivity contribution < 1.29 is 8.78 Å². The van der Waals surface area contributed by atoms with E-state index < -0.39 is 11.6 Å². The first kappa shape index (κ1) is 16.8. The Hall–Kier alpha value is -0.520. The second kappa shape index (κ2) is 7.65. The van der Waals surface area contributed by atoms with Crippen molar-refractivity contribution in [1.82, 2.24) is 10.2 Å². The van der Waals surface area contributed by atoms with Crippen molar-refractivity contribution in [3.8, 4) is 0 Å². The van der Waals surface area contributed by atoms with Gasteiger partial charge >= 0.3 is 0 Å². The Labute approximate surface area is 134 Å². The molecule has 5 heteroatoms. The standard InChI is InChI=1S/C16H23BrF2N2/c1-11(2)21(9-12-5-3-4-8-20-12)10-13-15(18)7-6-14(17)16(13)19/h6-7,11-12,20H,3-5,8-10H2,1-2H3. The molecule has 0 radical (unpaired) electrons. The summed E-state index contributed by atoms with van der Waals surface area (Å²) in [5, 5.41) is 3.49. The van der Waals surface area contributed by atoms with Gasteiger partial charge in [0.2, 0.25) is 0 Å². The Morgan fingerprint density at radius 1 is 1.33 bits per heavy atom. The van der Waals surface area contributed by atoms with Gasteiger partial charge in [0.05, 0.1) is 4.47 Å². The Morgan fingerprint density at radius 3 is 2.71 bits per heavy atom. The van der Waals surface area contributed by atoms with Crippen LogP contribution in [0.1, 0.15) is 38.7 Å². The van der Waals surface area contributed by atoms with Crippen LogP contribution in [0.25, 0.3) is 0 Å². The minimum atomic E-state index is -0.489. The summed E-state index contributed by atoms with van der Waals surface area (Å²) in [5.41, 5.74) is 0.147. The second-order valence-corrected chi connectivity index (χ2v) is 6.85. The van der Waals surface area contributed by atoms with Crippen molar-refractivity contribution in [3.63, 3.8) is 0 Å². The third-order valence-corrected chi connectivity index (χ3v) is 4.71. The predicted octanol–water partition coefficient (Wildman–Crippen LogP) is 4.08. The minimum absolute atomic E-state index is 0.147. The zero-order chi connectivity index (χ0) is 15.4. The zero-order valence-electron chi connectivity index (χ0n) is 12.6. The maximum Gasteiger partial charge on any atom is 0.144 e. The van der Waals surface area contributed by atoms with Crippen LogP contribution in [0.2, 0.25) is 0 Å². The summed E-state index contributed by atoms with van der Waals surface area (Å²) in [7, 11) is 0. The van der Waals surface area contributed by atoms with Gasteiger partial charge in [-0.15, -0.1) is 0 Å². The highest BCUT2D eigenvalue weighted by Gasteiger charge is 2.22. The van der Waals surface area contributed by atoms with Gasteiger partial charge in [0.1, 0.15) is 11.6 Å². The molecule has 1 aliphatic rings. The molecule has 1 aliphatic heterocycles. The summed E-state index contributed by atoms with van der Waals surface area (Å²) in [4.78, 5) is 2.14. The largest absolute Gasteiger partial charge is 0.313 e. The minimum Gasteiger partial charge on any atom is -0.313 e. The molecule has 0 amide bonds. The molecular formula is C16H23BrF2N2. The van der Waals surface area contributed by atoms with Gasteiger partial charge in [0.25, 0.3) is 0 Å². The molecule has 1 atom stereocenters. The fourth-order valence-electron chi connectivity index (χ4n) is 2.74. The summed E-state index contributed by atoms with van der Waals surface area (Å²) in [6.07, 6.45) is 3.57. The Balaban J connectivity index is 2.11. The first-order valence-corrected chi connectivity index (χ1v) is 8.38. The monoisotopic (exact) mass is 360 g/mol. The molecule has 0 saturated carbocycles. The highest BCUT2D eigenvalue weighted by Crippen LogP contribution is 2.24. The molecule has 0 bridgehead atoms. The summed E-state index contributed by atoms with van der Waals surface area (Å²) in [6, 6.07) is 3.39. The van der Waals surface area contributed by atoms with Gasteiger partial charge in [0.15, 0.2) is 0 Å². The highest BCUT2D eigenvalue weighted by molar-refractivity contribution is 9.10. The average molecular weight is 361 g/mol. The normalized spacial score (nSPS) is 19.5. The van der Waals surface area contributed by atoms with Crippen LogP contribution in [0.15, 0.2) is 16.6 Å². The van der Waals surface area contributed by atoms with E-state index in [-0.39, 0.29) is 11.6 Å². The lowest BCUT2D eigenvalue weighted by atomic mass is 10.0. The van der Waals surface area contributed by atoms with Crippen molar-refractivity contribution in [2.45, 2.75) is 51.7 Å². The Kier molecular flexibility index (Phi) is 6.14. The number of hydrogen-bond acceptors (Lipinski definition) is 2. The molecule has 1 saturated heterocycles. The van der Waals surface area contributed by atoms with E-state index in [0.29, 0.717) is 17.1 Å². The molecule has 2 nitrogen and oxygen atoms in total. The number of benzene rings is 1. The predicted molar refractivity (Wildman–Crippen MR) is 85.2 cm³/mol. The van der Waals surface area contributed by atoms with Crippen LogP contribution in [0.5, 0.6) is 0 Å². The summed E-state index contributed by atoms with van der Waals surface area (Å²) >= 11 is 3.13. The number of nitrogens with zero attached hydrogens (tertiary/aromatic N) is 1. The van der Waals surface area contributed by atoms with Crippen molar-refractivity contribution in [1.29, 1.82) is 0 Å². The van der Waals surface area contributed by atoms with Crippen LogP contribution in [0.4, 0.5) is 8.78 Å². The van der Waals surface area contributed by atoms with E-state index in [1.54, 1.807) is 0 Å². The topological polar surface area (TPSA) is 15.3 Å². The lowest BCUT2D eigenvalue weighted by Crippen LogP contribution is -2.45. The van der Waals surface area contributed by atoms with Crippen LogP contribution < -0.4 is 5.32 Å².